The van der Waals surface area contributed by atoms with Crippen molar-refractivity contribution in [2.75, 3.05) is 0 Å². The summed E-state index contributed by atoms with van der Waals surface area (Å²) in [6, 6.07) is 21.4. The molecule has 0 radical (unpaired) electrons. The van der Waals surface area contributed by atoms with Crippen LogP contribution >= 0.6 is 21.5 Å². The zero-order valence-electron chi connectivity index (χ0n) is 8.66. The van der Waals surface area contributed by atoms with Crippen LogP contribution in [-0.4, -0.2) is 0 Å². The van der Waals surface area contributed by atoms with E-state index >= 15 is 0 Å². The molecule has 0 saturated heterocycles. The van der Waals surface area contributed by atoms with Gasteiger partial charge in [0.15, 0.2) is 7.14 Å². The topological polar surface area (TPSA) is 0 Å². The van der Waals surface area contributed by atoms with Gasteiger partial charge in [-0.3, -0.25) is 0 Å². The first-order valence-corrected chi connectivity index (χ1v) is 9.23. The molecule has 0 saturated carbocycles. The monoisotopic (exact) mass is 465 g/mol. The molecule has 0 bridgehead atoms. The predicted octanol–water partition coefficient (Wildman–Crippen LogP) is 1.96. The molecular weight excluding hydrogens is 455 g/mol. The van der Waals surface area contributed by atoms with Crippen LogP contribution in [0.3, 0.4) is 0 Å². The van der Waals surface area contributed by atoms with E-state index in [4.69, 9.17) is 0 Å². The molecule has 2 aromatic rings. The molecule has 5 heteroatoms. The molecule has 0 N–H and O–H groups in total. The summed E-state index contributed by atoms with van der Waals surface area (Å²) in [5.41, 5.74) is 0. The summed E-state index contributed by atoms with van der Waals surface area (Å²) < 4.78 is 32.4. The van der Waals surface area contributed by atoms with Crippen molar-refractivity contribution in [2.45, 2.75) is 0 Å². The Kier molecular flexibility index (Phi) is 7.58. The van der Waals surface area contributed by atoms with Crippen LogP contribution in [-0.2, 0) is 0 Å². The van der Waals surface area contributed by atoms with Crippen LogP contribution < -0.4 is 21.2 Å². The van der Waals surface area contributed by atoms with Crippen molar-refractivity contribution >= 4 is 21.5 Å². The molecule has 0 atom stereocenters. The third-order valence-electron chi connectivity index (χ3n) is 1.68. The van der Waals surface area contributed by atoms with Crippen LogP contribution in [0.1, 0.15) is 0 Å². The van der Waals surface area contributed by atoms with E-state index in [1.807, 2.05) is 0 Å². The summed E-state index contributed by atoms with van der Waals surface area (Å²) in [6.45, 7) is 0. The molecule has 0 fully saturated rings. The average molecular weight is 465 g/mol. The van der Waals surface area contributed by atoms with E-state index in [0.29, 0.717) is 0 Å². The van der Waals surface area contributed by atoms with E-state index in [1.54, 1.807) is 0 Å². The van der Waals surface area contributed by atoms with Gasteiger partial charge in [-0.2, -0.15) is 0 Å². The van der Waals surface area contributed by atoms with Gasteiger partial charge in [0.2, 0.25) is 0 Å². The van der Waals surface area contributed by atoms with E-state index in [-0.39, 0.29) is 21.2 Å². The first-order valence-electron chi connectivity index (χ1n) is 4.63. The molecule has 0 aliphatic heterocycles. The van der Waals surface area contributed by atoms with Crippen molar-refractivity contribution in [1.29, 1.82) is 0 Å². The second-order valence-corrected chi connectivity index (χ2v) is 6.80. The van der Waals surface area contributed by atoms with Gasteiger partial charge in [0.25, 0.3) is 0 Å². The zero-order valence-corrected chi connectivity index (χ0v) is 13.0. The normalized spacial score (nSPS) is 10.2. The third-order valence-corrected chi connectivity index (χ3v) is 4.37. The van der Waals surface area contributed by atoms with Crippen LogP contribution in [0.25, 0.3) is 0 Å². The second-order valence-electron chi connectivity index (χ2n) is 2.85. The Morgan fingerprint density at radius 2 is 0.941 bits per heavy atom. The number of benzene rings is 2. The molecule has 92 valence electrons. The molecule has 17 heavy (non-hydrogen) atoms. The number of hydrogen-bond acceptors (Lipinski definition) is 0. The van der Waals surface area contributed by atoms with Crippen LogP contribution in [0.4, 0.5) is 8.58 Å². The average Bonchev–Trinajstić information content (AvgIpc) is 2.31. The zero-order chi connectivity index (χ0) is 12.5. The summed E-state index contributed by atoms with van der Waals surface area (Å²) in [5, 5.41) is 0. The third kappa shape index (κ3) is 7.58. The van der Waals surface area contributed by atoms with E-state index in [0.717, 1.165) is 0 Å². The Labute approximate surface area is 118 Å². The van der Waals surface area contributed by atoms with Crippen LogP contribution in [0, 0.1) is 7.14 Å². The summed E-state index contributed by atoms with van der Waals surface area (Å²) in [7, 11) is 0. The van der Waals surface area contributed by atoms with Gasteiger partial charge >= 0.3 is 51.3 Å². The first kappa shape index (κ1) is 14.7. The van der Waals surface area contributed by atoms with Gasteiger partial charge in [-0.25, -0.2) is 0 Å². The van der Waals surface area contributed by atoms with Crippen molar-refractivity contribution in [2.24, 2.45) is 0 Å². The number of halogens is 5. The van der Waals surface area contributed by atoms with Gasteiger partial charge in [0, 0.05) is 0 Å². The minimum absolute atomic E-state index is 0.0287. The fraction of sp³-hybridized carbons (Fsp3) is 0. The maximum Gasteiger partial charge on any atom is 0.357 e. The summed E-state index contributed by atoms with van der Waals surface area (Å²) in [6.07, 6.45) is 0. The minimum Gasteiger partial charge on any atom is -0.0619 e. The smallest absolute Gasteiger partial charge is 0.0619 e. The Bertz CT molecular complexity index is 366. The maximum absolute atomic E-state index is 9.82. The van der Waals surface area contributed by atoms with Gasteiger partial charge in [-0.15, -0.1) is 0 Å². The molecule has 0 nitrogen and oxygen atoms in total. The van der Waals surface area contributed by atoms with E-state index in [9.17, 15) is 8.58 Å². The van der Waals surface area contributed by atoms with Gasteiger partial charge in [-0.05, 0) is 24.3 Å². The Morgan fingerprint density at radius 3 is 1.24 bits per heavy atom. The van der Waals surface area contributed by atoms with Crippen molar-refractivity contribution in [3.63, 3.8) is 0 Å². The Balaban J connectivity index is 0.000000317. The quantitative estimate of drug-likeness (QED) is 0.596. The van der Waals surface area contributed by atoms with Gasteiger partial charge in [-0.1, -0.05) is 36.4 Å². The molecule has 0 spiro atoms. The maximum atomic E-state index is 9.82. The summed E-state index contributed by atoms with van der Waals surface area (Å²) >= 11 is -4.73. The van der Waals surface area contributed by atoms with Crippen LogP contribution in [0.15, 0.2) is 60.7 Å². The molecule has 0 amide bonds. The van der Waals surface area contributed by atoms with Crippen molar-refractivity contribution in [1.82, 2.24) is 0 Å². The fourth-order valence-corrected chi connectivity index (χ4v) is 3.35. The predicted molar refractivity (Wildman–Crippen MR) is 67.6 cm³/mol. The molecule has 0 aliphatic carbocycles. The largest absolute Gasteiger partial charge is 0.357 e. The fourth-order valence-electron chi connectivity index (χ4n) is 1.08. The van der Waals surface area contributed by atoms with Crippen molar-refractivity contribution in [3.05, 3.63) is 67.8 Å². The van der Waals surface area contributed by atoms with Crippen LogP contribution in [0.5, 0.6) is 0 Å². The van der Waals surface area contributed by atoms with E-state index in [1.165, 1.54) is 7.14 Å². The minimum atomic E-state index is -4.76. The second kappa shape index (κ2) is 8.73. The Morgan fingerprint density at radius 1 is 0.647 bits per heavy atom. The van der Waals surface area contributed by atoms with Crippen LogP contribution in [0.2, 0.25) is 0 Å². The van der Waals surface area contributed by atoms with Crippen molar-refractivity contribution in [3.8, 4) is 0 Å². The van der Waals surface area contributed by atoms with Crippen molar-refractivity contribution < 1.29 is 29.8 Å². The van der Waals surface area contributed by atoms with Gasteiger partial charge < -0.3 is 0 Å². The summed E-state index contributed by atoms with van der Waals surface area (Å²) in [4.78, 5) is 0. The SMILES string of the molecule is FI(F)F.c1ccc([I+]c2ccccc2)cc1. The molecule has 0 aromatic heterocycles. The van der Waals surface area contributed by atoms with E-state index < -0.39 is 21.5 Å². The van der Waals surface area contributed by atoms with E-state index in [2.05, 4.69) is 60.7 Å². The molecule has 0 unspecified atom stereocenters. The molecule has 0 aliphatic rings. The standard InChI is InChI=1S/C12H10I.F3I/c1-3-7-11(8-4-1)13-12-9-5-2-6-10-12;1-4(2)3/h1-10H;/q+1;. The Hall–Kier alpha value is -0.310. The number of hydrogen-bond donors (Lipinski definition) is 0. The molecule has 0 heterocycles. The number of rotatable bonds is 2. The van der Waals surface area contributed by atoms with Gasteiger partial charge in [0.1, 0.15) is 0 Å². The first-order chi connectivity index (χ1) is 8.18. The molecule has 2 rings (SSSR count). The molecule has 2 aromatic carbocycles. The van der Waals surface area contributed by atoms with Gasteiger partial charge in [0.05, 0.1) is 0 Å². The molecular formula is C12H10F3I2+. The summed E-state index contributed by atoms with van der Waals surface area (Å²) in [5.74, 6) is 0.